The Bertz CT molecular complexity index is 1040. The predicted octanol–water partition coefficient (Wildman–Crippen LogP) is 7.12. The van der Waals surface area contributed by atoms with Crippen molar-refractivity contribution in [2.75, 3.05) is 23.8 Å². The van der Waals surface area contributed by atoms with E-state index in [0.29, 0.717) is 0 Å². The van der Waals surface area contributed by atoms with Crippen molar-refractivity contribution in [3.05, 3.63) is 132 Å². The summed E-state index contributed by atoms with van der Waals surface area (Å²) in [5, 5.41) is 6.92. The predicted molar refractivity (Wildman–Crippen MR) is 139 cm³/mol. The van der Waals surface area contributed by atoms with Gasteiger partial charge >= 0.3 is 8.25 Å². The van der Waals surface area contributed by atoms with Crippen LogP contribution >= 0.6 is 8.25 Å². The zero-order chi connectivity index (χ0) is 23.4. The number of nitrogens with one attached hydrogen (secondary N) is 2. The first kappa shape index (κ1) is 23.8. The number of rotatable bonds is 12. The maximum atomic E-state index is 12.7. The van der Waals surface area contributed by atoms with E-state index < -0.39 is 8.25 Å². The summed E-state index contributed by atoms with van der Waals surface area (Å²) in [6, 6.07) is 39.5. The maximum Gasteiger partial charge on any atom is 0.319 e. The fraction of sp³-hybridized carbons (Fsp3) is 0.143. The van der Waals surface area contributed by atoms with E-state index in [9.17, 15) is 4.57 Å². The Morgan fingerprint density at radius 2 is 0.853 bits per heavy atom. The van der Waals surface area contributed by atoms with E-state index >= 15 is 0 Å². The molecular formula is C28H29N2O3P. The lowest BCUT2D eigenvalue weighted by atomic mass is 10.1. The van der Waals surface area contributed by atoms with Crippen molar-refractivity contribution in [1.29, 1.82) is 0 Å². The molecule has 0 saturated heterocycles. The average molecular weight is 473 g/mol. The highest BCUT2D eigenvalue weighted by molar-refractivity contribution is 7.33. The van der Waals surface area contributed by atoms with Crippen LogP contribution in [0.25, 0.3) is 0 Å². The molecule has 174 valence electrons. The Labute approximate surface area is 201 Å². The van der Waals surface area contributed by atoms with Crippen molar-refractivity contribution < 1.29 is 13.6 Å². The second kappa shape index (κ2) is 12.8. The van der Waals surface area contributed by atoms with Gasteiger partial charge in [0.15, 0.2) is 0 Å². The van der Waals surface area contributed by atoms with E-state index in [-0.39, 0.29) is 25.3 Å². The van der Waals surface area contributed by atoms with Crippen LogP contribution in [0.15, 0.2) is 121 Å². The third-order valence-corrected chi connectivity index (χ3v) is 6.17. The van der Waals surface area contributed by atoms with Crippen LogP contribution in [0.1, 0.15) is 23.2 Å². The van der Waals surface area contributed by atoms with E-state index in [0.717, 1.165) is 22.5 Å². The van der Waals surface area contributed by atoms with Gasteiger partial charge in [0.05, 0.1) is 25.3 Å². The minimum Gasteiger partial charge on any atom is -0.376 e. The van der Waals surface area contributed by atoms with E-state index in [1.54, 1.807) is 0 Å². The van der Waals surface area contributed by atoms with Gasteiger partial charge in [0.2, 0.25) is 0 Å². The highest BCUT2D eigenvalue weighted by Gasteiger charge is 2.16. The number of anilines is 2. The molecule has 0 fully saturated rings. The molecule has 0 radical (unpaired) electrons. The van der Waals surface area contributed by atoms with Gasteiger partial charge in [-0.05, 0) is 35.4 Å². The lowest BCUT2D eigenvalue weighted by molar-refractivity contribution is 0.213. The monoisotopic (exact) mass is 472 g/mol. The highest BCUT2D eigenvalue weighted by atomic mass is 31.1. The Morgan fingerprint density at radius 1 is 0.529 bits per heavy atom. The summed E-state index contributed by atoms with van der Waals surface area (Å²) in [5.74, 6) is 0. The normalized spacial score (nSPS) is 13.5. The van der Waals surface area contributed by atoms with Gasteiger partial charge in [-0.1, -0.05) is 97.1 Å². The Morgan fingerprint density at radius 3 is 1.21 bits per heavy atom. The highest BCUT2D eigenvalue weighted by Crippen LogP contribution is 2.31. The second-order valence-corrected chi connectivity index (χ2v) is 8.90. The molecule has 0 aliphatic heterocycles. The molecule has 2 N–H and O–H groups in total. The molecule has 0 bridgehead atoms. The van der Waals surface area contributed by atoms with Gasteiger partial charge in [-0.2, -0.15) is 0 Å². The number of para-hydroxylation sites is 2. The summed E-state index contributed by atoms with van der Waals surface area (Å²) in [4.78, 5) is 0. The molecule has 4 aromatic carbocycles. The van der Waals surface area contributed by atoms with Gasteiger partial charge in [-0.3, -0.25) is 4.57 Å². The summed E-state index contributed by atoms with van der Waals surface area (Å²) in [7, 11) is -2.71. The Balaban J connectivity index is 1.37. The summed E-state index contributed by atoms with van der Waals surface area (Å²) in [6.45, 7) is 0.442. The van der Waals surface area contributed by atoms with E-state index in [2.05, 4.69) is 10.6 Å². The molecule has 4 aromatic rings. The second-order valence-electron chi connectivity index (χ2n) is 7.82. The van der Waals surface area contributed by atoms with Crippen molar-refractivity contribution in [3.63, 3.8) is 0 Å². The fourth-order valence-electron chi connectivity index (χ4n) is 3.63. The zero-order valence-corrected chi connectivity index (χ0v) is 19.8. The van der Waals surface area contributed by atoms with Crippen LogP contribution in [-0.4, -0.2) is 13.2 Å². The quantitative estimate of drug-likeness (QED) is 0.215. The smallest absolute Gasteiger partial charge is 0.319 e. The van der Waals surface area contributed by atoms with E-state index in [1.807, 2.05) is 121 Å². The number of hydrogen-bond acceptors (Lipinski definition) is 5. The van der Waals surface area contributed by atoms with Crippen LogP contribution in [0.3, 0.4) is 0 Å². The summed E-state index contributed by atoms with van der Waals surface area (Å²) in [6.07, 6.45) is 0. The molecule has 0 spiro atoms. The summed E-state index contributed by atoms with van der Waals surface area (Å²) in [5.41, 5.74) is 4.04. The first-order valence-corrected chi connectivity index (χ1v) is 12.5. The minimum absolute atomic E-state index is 0.159. The van der Waals surface area contributed by atoms with Crippen LogP contribution in [0.2, 0.25) is 0 Å². The molecule has 0 aliphatic carbocycles. The molecule has 4 rings (SSSR count). The van der Waals surface area contributed by atoms with Crippen LogP contribution < -0.4 is 10.6 Å². The largest absolute Gasteiger partial charge is 0.376 e. The molecular weight excluding hydrogens is 443 g/mol. The Kier molecular flexibility index (Phi) is 8.92. The number of benzene rings is 4. The van der Waals surface area contributed by atoms with Crippen molar-refractivity contribution in [2.24, 2.45) is 0 Å². The Hall–Kier alpha value is -3.37. The summed E-state index contributed by atoms with van der Waals surface area (Å²) < 4.78 is 24.1. The number of hydrogen-bond donors (Lipinski definition) is 2. The molecule has 0 aromatic heterocycles. The van der Waals surface area contributed by atoms with Crippen molar-refractivity contribution in [3.8, 4) is 0 Å². The molecule has 0 aliphatic rings. The fourth-order valence-corrected chi connectivity index (χ4v) is 4.32. The zero-order valence-electron chi connectivity index (χ0n) is 18.8. The van der Waals surface area contributed by atoms with Crippen molar-refractivity contribution in [1.82, 2.24) is 0 Å². The first-order chi connectivity index (χ1) is 16.8. The molecule has 2 unspecified atom stereocenters. The van der Waals surface area contributed by atoms with Gasteiger partial charge in [-0.15, -0.1) is 0 Å². The van der Waals surface area contributed by atoms with E-state index in [4.69, 9.17) is 9.05 Å². The van der Waals surface area contributed by atoms with Crippen LogP contribution in [0.4, 0.5) is 11.4 Å². The summed E-state index contributed by atoms with van der Waals surface area (Å²) >= 11 is 0. The van der Waals surface area contributed by atoms with Crippen LogP contribution in [0, 0.1) is 0 Å². The molecule has 6 heteroatoms. The van der Waals surface area contributed by atoms with Crippen molar-refractivity contribution in [2.45, 2.75) is 12.1 Å². The lowest BCUT2D eigenvalue weighted by Crippen LogP contribution is -2.17. The third-order valence-electron chi connectivity index (χ3n) is 5.37. The van der Waals surface area contributed by atoms with Crippen LogP contribution in [-0.2, 0) is 13.6 Å². The van der Waals surface area contributed by atoms with Crippen LogP contribution in [0.5, 0.6) is 0 Å². The average Bonchev–Trinajstić information content (AvgIpc) is 2.91. The van der Waals surface area contributed by atoms with Gasteiger partial charge in [0, 0.05) is 11.4 Å². The third kappa shape index (κ3) is 7.32. The molecule has 2 atom stereocenters. The van der Waals surface area contributed by atoms with Crippen molar-refractivity contribution >= 4 is 19.6 Å². The molecule has 34 heavy (non-hydrogen) atoms. The molecule has 0 amide bonds. The topological polar surface area (TPSA) is 59.6 Å². The van der Waals surface area contributed by atoms with Gasteiger partial charge < -0.3 is 19.7 Å². The van der Waals surface area contributed by atoms with Gasteiger partial charge in [0.25, 0.3) is 0 Å². The molecule has 0 saturated carbocycles. The maximum absolute atomic E-state index is 12.7. The van der Waals surface area contributed by atoms with Gasteiger partial charge in [0.1, 0.15) is 0 Å². The molecule has 5 nitrogen and oxygen atoms in total. The van der Waals surface area contributed by atoms with Gasteiger partial charge in [-0.25, -0.2) is 0 Å². The molecule has 0 heterocycles. The lowest BCUT2D eigenvalue weighted by Gasteiger charge is -2.22. The minimum atomic E-state index is -2.71. The SMILES string of the molecule is O=[PH](OCC(Nc1ccccc1)c1ccccc1)OCC(Nc1ccccc1)c1ccccc1. The first-order valence-electron chi connectivity index (χ1n) is 11.3. The van der Waals surface area contributed by atoms with E-state index in [1.165, 1.54) is 0 Å². The standard InChI is InChI=1S/C28H29N2O3P/c31-34(32-21-27(23-13-5-1-6-14-23)29-25-17-9-3-10-18-25)33-22-28(24-15-7-2-8-16-24)30-26-19-11-4-12-20-26/h1-20,27-30,34H,21-22H2.